The Kier molecular flexibility index (Phi) is 10.1. The van der Waals surface area contributed by atoms with Gasteiger partial charge in [0.1, 0.15) is 18.3 Å². The van der Waals surface area contributed by atoms with Crippen molar-refractivity contribution in [2.24, 2.45) is 0 Å². The molecule has 0 fully saturated rings. The molecule has 0 spiro atoms. The van der Waals surface area contributed by atoms with Crippen molar-refractivity contribution in [1.29, 1.82) is 0 Å². The second kappa shape index (κ2) is 12.9. The molecule has 0 aromatic heterocycles. The van der Waals surface area contributed by atoms with E-state index in [1.807, 2.05) is 20.8 Å². The normalized spacial score (nSPS) is 12.4. The van der Waals surface area contributed by atoms with Crippen molar-refractivity contribution in [2.45, 2.75) is 50.7 Å². The summed E-state index contributed by atoms with van der Waals surface area (Å²) in [5.74, 6) is -0.320. The Morgan fingerprint density at radius 2 is 1.57 bits per heavy atom. The van der Waals surface area contributed by atoms with Crippen molar-refractivity contribution in [2.75, 3.05) is 18.0 Å². The molecule has 3 aromatic rings. The zero-order chi connectivity index (χ0) is 29.7. The van der Waals surface area contributed by atoms with Gasteiger partial charge in [-0.1, -0.05) is 53.5 Å². The Balaban J connectivity index is 2.04. The van der Waals surface area contributed by atoms with Gasteiger partial charge >= 0.3 is 0 Å². The molecule has 0 aliphatic heterocycles. The number of anilines is 1. The second-order valence-electron chi connectivity index (χ2n) is 10.2. The molecule has 0 heterocycles. The van der Waals surface area contributed by atoms with E-state index in [9.17, 15) is 18.0 Å². The summed E-state index contributed by atoms with van der Waals surface area (Å²) in [6.07, 6.45) is 0. The van der Waals surface area contributed by atoms with E-state index in [0.29, 0.717) is 5.75 Å². The zero-order valence-corrected chi connectivity index (χ0v) is 25.3. The molecule has 0 radical (unpaired) electrons. The van der Waals surface area contributed by atoms with Crippen molar-refractivity contribution in [1.82, 2.24) is 10.2 Å². The maximum atomic E-state index is 14.0. The summed E-state index contributed by atoms with van der Waals surface area (Å²) in [4.78, 5) is 28.5. The van der Waals surface area contributed by atoms with Crippen LogP contribution >= 0.6 is 23.2 Å². The highest BCUT2D eigenvalue weighted by molar-refractivity contribution is 7.92. The van der Waals surface area contributed by atoms with Crippen LogP contribution in [0.5, 0.6) is 5.75 Å². The van der Waals surface area contributed by atoms with Crippen LogP contribution in [0.15, 0.2) is 77.7 Å². The molecule has 0 bridgehead atoms. The van der Waals surface area contributed by atoms with Crippen LogP contribution in [-0.2, 0) is 26.2 Å². The minimum Gasteiger partial charge on any atom is -0.497 e. The smallest absolute Gasteiger partial charge is 0.264 e. The summed E-state index contributed by atoms with van der Waals surface area (Å²) >= 11 is 12.3. The first-order valence-electron chi connectivity index (χ1n) is 12.5. The number of carbonyl (C=O) groups is 2. The number of nitrogens with zero attached hydrogens (tertiary/aromatic N) is 2. The lowest BCUT2D eigenvalue weighted by molar-refractivity contribution is -0.140. The van der Waals surface area contributed by atoms with Gasteiger partial charge in [-0.2, -0.15) is 0 Å². The van der Waals surface area contributed by atoms with Gasteiger partial charge in [-0.05, 0) is 75.7 Å². The first kappa shape index (κ1) is 31.3. The molecule has 0 saturated carbocycles. The van der Waals surface area contributed by atoms with Crippen molar-refractivity contribution in [3.63, 3.8) is 0 Å². The first-order valence-corrected chi connectivity index (χ1v) is 14.7. The average Bonchev–Trinajstić information content (AvgIpc) is 2.91. The van der Waals surface area contributed by atoms with Crippen molar-refractivity contribution in [3.05, 3.63) is 88.4 Å². The highest BCUT2D eigenvalue weighted by atomic mass is 35.5. The lowest BCUT2D eigenvalue weighted by atomic mass is 10.1. The number of halogens is 2. The summed E-state index contributed by atoms with van der Waals surface area (Å²) in [5, 5.41) is 3.27. The summed E-state index contributed by atoms with van der Waals surface area (Å²) in [6, 6.07) is 18.3. The predicted molar refractivity (Wildman–Crippen MR) is 158 cm³/mol. The third-order valence-corrected chi connectivity index (χ3v) is 8.51. The summed E-state index contributed by atoms with van der Waals surface area (Å²) in [5.41, 5.74) is 0.350. The fourth-order valence-corrected chi connectivity index (χ4v) is 5.59. The average molecular weight is 607 g/mol. The van der Waals surface area contributed by atoms with Gasteiger partial charge in [0.15, 0.2) is 0 Å². The molecular weight excluding hydrogens is 573 g/mol. The van der Waals surface area contributed by atoms with Gasteiger partial charge in [0, 0.05) is 12.1 Å². The molecule has 3 aromatic carbocycles. The number of carbonyl (C=O) groups excluding carboxylic acids is 2. The lowest BCUT2D eigenvalue weighted by Gasteiger charge is -2.33. The molecule has 3 rings (SSSR count). The van der Waals surface area contributed by atoms with Crippen LogP contribution in [0.4, 0.5) is 5.69 Å². The minimum atomic E-state index is -4.20. The van der Waals surface area contributed by atoms with Crippen molar-refractivity contribution >= 4 is 50.7 Å². The van der Waals surface area contributed by atoms with E-state index in [2.05, 4.69) is 5.32 Å². The monoisotopic (exact) mass is 605 g/mol. The van der Waals surface area contributed by atoms with E-state index >= 15 is 0 Å². The van der Waals surface area contributed by atoms with Gasteiger partial charge in [-0.15, -0.1) is 0 Å². The quantitative estimate of drug-likeness (QED) is 0.328. The Bertz CT molecular complexity index is 1440. The number of nitrogens with one attached hydrogen (secondary N) is 1. The number of hydrogen-bond acceptors (Lipinski definition) is 5. The topological polar surface area (TPSA) is 96.0 Å². The number of ether oxygens (including phenoxy) is 1. The standard InChI is InChI=1S/C29H33Cl2N3O5S/c1-20(28(36)32-29(2,3)4)33(18-21-11-14-23(39-5)15-12-21)27(35)19-34(22-13-16-25(30)26(31)17-22)40(37,38)24-9-7-6-8-10-24/h6-17,20H,18-19H2,1-5H3,(H,32,36)/t20-/m0/s1. The van der Waals surface area contributed by atoms with Crippen molar-refractivity contribution in [3.8, 4) is 5.75 Å². The fourth-order valence-electron chi connectivity index (χ4n) is 3.87. The predicted octanol–water partition coefficient (Wildman–Crippen LogP) is 5.53. The van der Waals surface area contributed by atoms with Crippen LogP contribution < -0.4 is 14.4 Å². The van der Waals surface area contributed by atoms with Gasteiger partial charge in [-0.25, -0.2) is 8.42 Å². The molecule has 1 N–H and O–H groups in total. The lowest BCUT2D eigenvalue weighted by Crippen LogP contribution is -2.54. The third-order valence-electron chi connectivity index (χ3n) is 5.98. The second-order valence-corrected chi connectivity index (χ2v) is 12.9. The van der Waals surface area contributed by atoms with Crippen molar-refractivity contribution < 1.29 is 22.7 Å². The number of amides is 2. The van der Waals surface area contributed by atoms with E-state index in [0.717, 1.165) is 9.87 Å². The molecule has 0 saturated heterocycles. The van der Waals surface area contributed by atoms with E-state index < -0.39 is 34.1 Å². The summed E-state index contributed by atoms with van der Waals surface area (Å²) in [7, 11) is -2.65. The fraction of sp³-hybridized carbons (Fsp3) is 0.310. The van der Waals surface area contributed by atoms with Crippen LogP contribution in [0.3, 0.4) is 0 Å². The maximum absolute atomic E-state index is 14.0. The molecule has 0 aliphatic carbocycles. The van der Waals surface area contributed by atoms with Gasteiger partial charge in [-0.3, -0.25) is 13.9 Å². The largest absolute Gasteiger partial charge is 0.497 e. The van der Waals surface area contributed by atoms with Crippen LogP contribution in [0.25, 0.3) is 0 Å². The van der Waals surface area contributed by atoms with Gasteiger partial charge in [0.05, 0.1) is 27.7 Å². The van der Waals surface area contributed by atoms with Gasteiger partial charge in [0.2, 0.25) is 11.8 Å². The Hall–Kier alpha value is -3.27. The van der Waals surface area contributed by atoms with E-state index in [4.69, 9.17) is 27.9 Å². The maximum Gasteiger partial charge on any atom is 0.264 e. The van der Waals surface area contributed by atoms with Crippen LogP contribution in [0.2, 0.25) is 10.0 Å². The highest BCUT2D eigenvalue weighted by Gasteiger charge is 2.33. The van der Waals surface area contributed by atoms with Gasteiger partial charge in [0.25, 0.3) is 10.0 Å². The number of hydrogen-bond donors (Lipinski definition) is 1. The molecule has 40 heavy (non-hydrogen) atoms. The summed E-state index contributed by atoms with van der Waals surface area (Å²) in [6.45, 7) is 6.60. The van der Waals surface area contributed by atoms with Gasteiger partial charge < -0.3 is 15.0 Å². The number of methoxy groups -OCH3 is 1. The molecule has 11 heteroatoms. The summed E-state index contributed by atoms with van der Waals surface area (Å²) < 4.78 is 33.8. The van der Waals surface area contributed by atoms with Crippen LogP contribution in [-0.4, -0.2) is 50.4 Å². The molecule has 0 aliphatic rings. The molecule has 214 valence electrons. The van der Waals surface area contributed by atoms with E-state index in [1.54, 1.807) is 56.5 Å². The minimum absolute atomic E-state index is 0.00546. The number of sulfonamides is 1. The molecule has 0 unspecified atom stereocenters. The van der Waals surface area contributed by atoms with E-state index in [-0.39, 0.29) is 33.1 Å². The first-order chi connectivity index (χ1) is 18.7. The zero-order valence-electron chi connectivity index (χ0n) is 23.0. The molecule has 1 atom stereocenters. The Morgan fingerprint density at radius 3 is 2.12 bits per heavy atom. The molecular formula is C29H33Cl2N3O5S. The highest BCUT2D eigenvalue weighted by Crippen LogP contribution is 2.31. The van der Waals surface area contributed by atoms with Crippen LogP contribution in [0.1, 0.15) is 33.3 Å². The Morgan fingerprint density at radius 1 is 0.950 bits per heavy atom. The third kappa shape index (κ3) is 7.90. The number of rotatable bonds is 10. The molecule has 8 nitrogen and oxygen atoms in total. The number of benzene rings is 3. The van der Waals surface area contributed by atoms with E-state index in [1.165, 1.54) is 35.2 Å². The van der Waals surface area contributed by atoms with Crippen LogP contribution in [0, 0.1) is 0 Å². The SMILES string of the molecule is COc1ccc(CN(C(=O)CN(c2ccc(Cl)c(Cl)c2)S(=O)(=O)c2ccccc2)[C@@H](C)C(=O)NC(C)(C)C)cc1. The Labute approximate surface area is 245 Å². The molecule has 2 amide bonds.